The molecule has 0 spiro atoms. The third-order valence-electron chi connectivity index (χ3n) is 4.13. The molecule has 26 heavy (non-hydrogen) atoms. The second-order valence-corrected chi connectivity index (χ2v) is 6.17. The van der Waals surface area contributed by atoms with Crippen molar-refractivity contribution in [3.63, 3.8) is 0 Å². The third kappa shape index (κ3) is 3.98. The number of esters is 1. The Morgan fingerprint density at radius 3 is 2.38 bits per heavy atom. The molecule has 0 unspecified atom stereocenters. The van der Waals surface area contributed by atoms with E-state index in [0.717, 1.165) is 5.69 Å². The molecule has 136 valence electrons. The van der Waals surface area contributed by atoms with Gasteiger partial charge in [-0.05, 0) is 36.4 Å². The van der Waals surface area contributed by atoms with E-state index in [0.29, 0.717) is 48.1 Å². The number of hydrogen-bond donors (Lipinski definition) is 1. The van der Waals surface area contributed by atoms with Crippen LogP contribution in [0.4, 0.5) is 11.4 Å². The maximum Gasteiger partial charge on any atom is 0.337 e. The standard InChI is InChI=1S/C19H19ClN2O4/c1-25-19(24)14-7-5-13(6-8-14)18(23)21-16-4-2-3-15(20)17(16)22-9-11-26-12-10-22/h2-8H,9-12H2,1H3,(H,21,23). The number of benzene rings is 2. The van der Waals surface area contributed by atoms with E-state index >= 15 is 0 Å². The maximum absolute atomic E-state index is 12.6. The number of nitrogens with one attached hydrogen (secondary N) is 1. The van der Waals surface area contributed by atoms with E-state index in [1.54, 1.807) is 36.4 Å². The molecule has 0 aliphatic carbocycles. The summed E-state index contributed by atoms with van der Waals surface area (Å²) < 4.78 is 10.0. The molecular formula is C19H19ClN2O4. The Labute approximate surface area is 156 Å². The lowest BCUT2D eigenvalue weighted by atomic mass is 10.1. The van der Waals surface area contributed by atoms with Crippen LogP contribution in [0, 0.1) is 0 Å². The van der Waals surface area contributed by atoms with E-state index < -0.39 is 5.97 Å². The quantitative estimate of drug-likeness (QED) is 0.832. The van der Waals surface area contributed by atoms with Crippen molar-refractivity contribution in [1.82, 2.24) is 0 Å². The monoisotopic (exact) mass is 374 g/mol. The van der Waals surface area contributed by atoms with Gasteiger partial charge in [0.1, 0.15) is 0 Å². The van der Waals surface area contributed by atoms with Crippen molar-refractivity contribution in [2.45, 2.75) is 0 Å². The summed E-state index contributed by atoms with van der Waals surface area (Å²) in [5.41, 5.74) is 2.25. The summed E-state index contributed by atoms with van der Waals surface area (Å²) in [4.78, 5) is 26.2. The van der Waals surface area contributed by atoms with Crippen LogP contribution in [0.5, 0.6) is 0 Å². The number of anilines is 2. The van der Waals surface area contributed by atoms with Gasteiger partial charge in [0.2, 0.25) is 0 Å². The number of nitrogens with zero attached hydrogens (tertiary/aromatic N) is 1. The number of morpholine rings is 1. The molecule has 0 saturated carbocycles. The average Bonchev–Trinajstić information content (AvgIpc) is 2.68. The Morgan fingerprint density at radius 1 is 1.08 bits per heavy atom. The van der Waals surface area contributed by atoms with Crippen molar-refractivity contribution in [2.75, 3.05) is 43.6 Å². The zero-order valence-electron chi connectivity index (χ0n) is 14.3. The zero-order valence-corrected chi connectivity index (χ0v) is 15.1. The Kier molecular flexibility index (Phi) is 5.75. The van der Waals surface area contributed by atoms with Gasteiger partial charge in [-0.1, -0.05) is 17.7 Å². The number of carbonyl (C=O) groups is 2. The van der Waals surface area contributed by atoms with Gasteiger partial charge in [-0.2, -0.15) is 0 Å². The molecule has 1 N–H and O–H groups in total. The Bertz CT molecular complexity index is 802. The summed E-state index contributed by atoms with van der Waals surface area (Å²) in [6.07, 6.45) is 0. The van der Waals surface area contributed by atoms with E-state index in [2.05, 4.69) is 15.0 Å². The van der Waals surface area contributed by atoms with Gasteiger partial charge in [0.25, 0.3) is 5.91 Å². The van der Waals surface area contributed by atoms with Gasteiger partial charge in [0.15, 0.2) is 0 Å². The lowest BCUT2D eigenvalue weighted by molar-refractivity contribution is 0.0600. The molecule has 6 nitrogen and oxygen atoms in total. The molecular weight excluding hydrogens is 356 g/mol. The molecule has 1 aliphatic heterocycles. The number of rotatable bonds is 4. The van der Waals surface area contributed by atoms with E-state index in [4.69, 9.17) is 16.3 Å². The van der Waals surface area contributed by atoms with Gasteiger partial charge in [-0.15, -0.1) is 0 Å². The summed E-state index contributed by atoms with van der Waals surface area (Å²) in [6.45, 7) is 2.65. The molecule has 0 aromatic heterocycles. The van der Waals surface area contributed by atoms with Crippen molar-refractivity contribution in [2.24, 2.45) is 0 Å². The summed E-state index contributed by atoms with van der Waals surface area (Å²) in [7, 11) is 1.31. The normalized spacial score (nSPS) is 14.0. The van der Waals surface area contributed by atoms with Crippen molar-refractivity contribution in [3.05, 3.63) is 58.6 Å². The first-order valence-electron chi connectivity index (χ1n) is 8.21. The van der Waals surface area contributed by atoms with Crippen molar-refractivity contribution in [3.8, 4) is 0 Å². The van der Waals surface area contributed by atoms with Gasteiger partial charge >= 0.3 is 5.97 Å². The van der Waals surface area contributed by atoms with Crippen LogP contribution >= 0.6 is 11.6 Å². The lowest BCUT2D eigenvalue weighted by Crippen LogP contribution is -2.37. The zero-order chi connectivity index (χ0) is 18.5. The van der Waals surface area contributed by atoms with E-state index in [-0.39, 0.29) is 5.91 Å². The Balaban J connectivity index is 1.81. The van der Waals surface area contributed by atoms with Gasteiger partial charge in [-0.25, -0.2) is 4.79 Å². The molecule has 1 heterocycles. The number of methoxy groups -OCH3 is 1. The van der Waals surface area contributed by atoms with Crippen LogP contribution in [-0.2, 0) is 9.47 Å². The van der Waals surface area contributed by atoms with Crippen LogP contribution in [0.15, 0.2) is 42.5 Å². The first-order chi connectivity index (χ1) is 12.6. The summed E-state index contributed by atoms with van der Waals surface area (Å²) in [5, 5.41) is 3.48. The largest absolute Gasteiger partial charge is 0.465 e. The van der Waals surface area contributed by atoms with Crippen LogP contribution in [0.3, 0.4) is 0 Å². The van der Waals surface area contributed by atoms with Crippen molar-refractivity contribution < 1.29 is 19.1 Å². The van der Waals surface area contributed by atoms with E-state index in [1.807, 2.05) is 6.07 Å². The predicted octanol–water partition coefficient (Wildman–Crippen LogP) is 3.22. The molecule has 0 bridgehead atoms. The van der Waals surface area contributed by atoms with Crippen LogP contribution < -0.4 is 10.2 Å². The molecule has 0 radical (unpaired) electrons. The predicted molar refractivity (Wildman–Crippen MR) is 100 cm³/mol. The number of para-hydroxylation sites is 1. The van der Waals surface area contributed by atoms with Crippen molar-refractivity contribution >= 4 is 34.9 Å². The molecule has 1 aliphatic rings. The number of hydrogen-bond acceptors (Lipinski definition) is 5. The fraction of sp³-hybridized carbons (Fsp3) is 0.263. The van der Waals surface area contributed by atoms with Crippen LogP contribution in [-0.4, -0.2) is 45.3 Å². The fourth-order valence-corrected chi connectivity index (χ4v) is 3.09. The Hall–Kier alpha value is -2.57. The van der Waals surface area contributed by atoms with Crippen molar-refractivity contribution in [1.29, 1.82) is 0 Å². The molecule has 1 saturated heterocycles. The average molecular weight is 375 g/mol. The van der Waals surface area contributed by atoms with Gasteiger partial charge < -0.3 is 19.7 Å². The summed E-state index contributed by atoms with van der Waals surface area (Å²) in [6, 6.07) is 11.7. The minimum atomic E-state index is -0.443. The topological polar surface area (TPSA) is 67.9 Å². The van der Waals surface area contributed by atoms with Crippen LogP contribution in [0.2, 0.25) is 5.02 Å². The highest BCUT2D eigenvalue weighted by atomic mass is 35.5. The van der Waals surface area contributed by atoms with E-state index in [9.17, 15) is 9.59 Å². The molecule has 0 atom stereocenters. The molecule has 1 fully saturated rings. The smallest absolute Gasteiger partial charge is 0.337 e. The fourth-order valence-electron chi connectivity index (χ4n) is 2.79. The van der Waals surface area contributed by atoms with E-state index in [1.165, 1.54) is 7.11 Å². The second kappa shape index (κ2) is 8.21. The molecule has 1 amide bonds. The highest BCUT2D eigenvalue weighted by Gasteiger charge is 2.19. The first kappa shape index (κ1) is 18.2. The second-order valence-electron chi connectivity index (χ2n) is 5.76. The minimum Gasteiger partial charge on any atom is -0.465 e. The molecule has 2 aromatic carbocycles. The third-order valence-corrected chi connectivity index (χ3v) is 4.44. The maximum atomic E-state index is 12.6. The van der Waals surface area contributed by atoms with Crippen LogP contribution in [0.1, 0.15) is 20.7 Å². The highest BCUT2D eigenvalue weighted by molar-refractivity contribution is 6.34. The highest BCUT2D eigenvalue weighted by Crippen LogP contribution is 2.34. The summed E-state index contributed by atoms with van der Waals surface area (Å²) in [5.74, 6) is -0.723. The number of ether oxygens (including phenoxy) is 2. The molecule has 3 rings (SSSR count). The first-order valence-corrected chi connectivity index (χ1v) is 8.59. The number of amides is 1. The number of carbonyl (C=O) groups excluding carboxylic acids is 2. The van der Waals surface area contributed by atoms with Gasteiger partial charge in [-0.3, -0.25) is 4.79 Å². The summed E-state index contributed by atoms with van der Waals surface area (Å²) >= 11 is 6.38. The van der Waals surface area contributed by atoms with Gasteiger partial charge in [0.05, 0.1) is 42.3 Å². The van der Waals surface area contributed by atoms with Gasteiger partial charge in [0, 0.05) is 18.7 Å². The molecule has 7 heteroatoms. The Morgan fingerprint density at radius 2 is 1.73 bits per heavy atom. The lowest BCUT2D eigenvalue weighted by Gasteiger charge is -2.31. The number of halogens is 1. The minimum absolute atomic E-state index is 0.279. The molecule has 2 aromatic rings. The SMILES string of the molecule is COC(=O)c1ccc(C(=O)Nc2cccc(Cl)c2N2CCOCC2)cc1. The van der Waals surface area contributed by atoms with Crippen LogP contribution in [0.25, 0.3) is 0 Å².